The fourth-order valence-corrected chi connectivity index (χ4v) is 7.53. The van der Waals surface area contributed by atoms with Crippen molar-refractivity contribution < 1.29 is 0 Å². The van der Waals surface area contributed by atoms with Crippen LogP contribution in [0.1, 0.15) is 54.2 Å². The van der Waals surface area contributed by atoms with E-state index in [1.165, 1.54) is 59.2 Å². The van der Waals surface area contributed by atoms with Crippen LogP contribution in [0.25, 0.3) is 22.3 Å². The lowest BCUT2D eigenvalue weighted by Gasteiger charge is -2.29. The van der Waals surface area contributed by atoms with Crippen LogP contribution in [0.4, 0.5) is 0 Å². The first-order valence-electron chi connectivity index (χ1n) is 11.4. The van der Waals surface area contributed by atoms with Crippen LogP contribution in [0.2, 0.25) is 0 Å². The van der Waals surface area contributed by atoms with Crippen LogP contribution in [0, 0.1) is 10.5 Å². The van der Waals surface area contributed by atoms with Crippen LogP contribution < -0.4 is 0 Å². The number of halogens is 1. The molecule has 6 rings (SSSR count). The Balaban J connectivity index is 1.59. The van der Waals surface area contributed by atoms with E-state index in [-0.39, 0.29) is 10.8 Å². The summed E-state index contributed by atoms with van der Waals surface area (Å²) in [5.41, 5.74) is 14.3. The molecule has 1 heteroatoms. The van der Waals surface area contributed by atoms with E-state index in [0.717, 1.165) is 6.42 Å². The molecule has 0 N–H and O–H groups in total. The summed E-state index contributed by atoms with van der Waals surface area (Å²) >= 11 is 2.52. The molecule has 0 saturated carbocycles. The summed E-state index contributed by atoms with van der Waals surface area (Å²) in [6, 6.07) is 29.8. The lowest BCUT2D eigenvalue weighted by atomic mass is 9.73. The van der Waals surface area contributed by atoms with Gasteiger partial charge in [-0.25, -0.2) is 0 Å². The molecule has 0 fully saturated rings. The van der Waals surface area contributed by atoms with Crippen molar-refractivity contribution >= 4 is 22.6 Å². The van der Waals surface area contributed by atoms with Gasteiger partial charge >= 0.3 is 0 Å². The number of hydrogen-bond donors (Lipinski definition) is 0. The SMILES string of the molecule is Cc1ccc2c(c1)C(C)(Cc1cccc3c1-c1cccc(I)c1C3(C)C)c1ccccc1-2. The van der Waals surface area contributed by atoms with Crippen LogP contribution in [0.5, 0.6) is 0 Å². The largest absolute Gasteiger partial charge is 0.0619 e. The van der Waals surface area contributed by atoms with E-state index >= 15 is 0 Å². The lowest BCUT2D eigenvalue weighted by molar-refractivity contribution is 0.582. The maximum Gasteiger partial charge on any atom is 0.0227 e. The van der Waals surface area contributed by atoms with E-state index in [1.807, 2.05) is 0 Å². The molecule has 0 amide bonds. The van der Waals surface area contributed by atoms with E-state index < -0.39 is 0 Å². The molecule has 0 nitrogen and oxygen atoms in total. The molecule has 2 aliphatic rings. The number of benzene rings is 4. The van der Waals surface area contributed by atoms with Crippen LogP contribution in [-0.2, 0) is 17.3 Å². The average molecular weight is 526 g/mol. The minimum absolute atomic E-state index is 0.0292. The third-order valence-electron chi connectivity index (χ3n) is 7.86. The first-order valence-corrected chi connectivity index (χ1v) is 12.5. The topological polar surface area (TPSA) is 0 Å². The van der Waals surface area contributed by atoms with Crippen molar-refractivity contribution in [1.29, 1.82) is 0 Å². The number of fused-ring (bicyclic) bond motifs is 6. The Labute approximate surface area is 204 Å². The molecule has 1 unspecified atom stereocenters. The summed E-state index contributed by atoms with van der Waals surface area (Å²) in [4.78, 5) is 0. The Morgan fingerprint density at radius 1 is 0.688 bits per heavy atom. The molecule has 2 aliphatic carbocycles. The molecule has 0 spiro atoms. The Morgan fingerprint density at radius 2 is 1.38 bits per heavy atom. The highest BCUT2D eigenvalue weighted by molar-refractivity contribution is 14.1. The van der Waals surface area contributed by atoms with E-state index in [0.29, 0.717) is 0 Å². The molecule has 4 aromatic rings. The smallest absolute Gasteiger partial charge is 0.0227 e. The molecule has 0 aromatic heterocycles. The highest BCUT2D eigenvalue weighted by Crippen LogP contribution is 2.55. The molecule has 0 heterocycles. The summed E-state index contributed by atoms with van der Waals surface area (Å²) < 4.78 is 1.37. The molecule has 32 heavy (non-hydrogen) atoms. The predicted octanol–water partition coefficient (Wildman–Crippen LogP) is 8.44. The van der Waals surface area contributed by atoms with Crippen molar-refractivity contribution in [3.63, 3.8) is 0 Å². The van der Waals surface area contributed by atoms with E-state index in [4.69, 9.17) is 0 Å². The Kier molecular flexibility index (Phi) is 4.30. The van der Waals surface area contributed by atoms with Gasteiger partial charge in [0.1, 0.15) is 0 Å². The monoisotopic (exact) mass is 526 g/mol. The summed E-state index contributed by atoms with van der Waals surface area (Å²) in [6.07, 6.45) is 1.00. The zero-order valence-electron chi connectivity index (χ0n) is 19.1. The van der Waals surface area contributed by atoms with E-state index in [2.05, 4.69) is 129 Å². The van der Waals surface area contributed by atoms with E-state index in [9.17, 15) is 0 Å². The van der Waals surface area contributed by atoms with Gasteiger partial charge in [0.05, 0.1) is 0 Å². The van der Waals surface area contributed by atoms with Crippen molar-refractivity contribution in [2.75, 3.05) is 0 Å². The summed E-state index contributed by atoms with van der Waals surface area (Å²) in [5.74, 6) is 0. The first kappa shape index (κ1) is 20.2. The van der Waals surface area contributed by atoms with Crippen LogP contribution in [0.15, 0.2) is 78.9 Å². The maximum absolute atomic E-state index is 2.52. The highest BCUT2D eigenvalue weighted by Gasteiger charge is 2.42. The lowest BCUT2D eigenvalue weighted by Crippen LogP contribution is -2.24. The van der Waals surface area contributed by atoms with Gasteiger partial charge in [0.2, 0.25) is 0 Å². The summed E-state index contributed by atoms with van der Waals surface area (Å²) in [6.45, 7) is 9.43. The molecule has 1 atom stereocenters. The van der Waals surface area contributed by atoms with Gasteiger partial charge in [-0.15, -0.1) is 0 Å². The molecular weight excluding hydrogens is 499 g/mol. The van der Waals surface area contributed by atoms with Crippen molar-refractivity contribution in [3.05, 3.63) is 116 Å². The van der Waals surface area contributed by atoms with Gasteiger partial charge in [-0.05, 0) is 92.1 Å². The van der Waals surface area contributed by atoms with Gasteiger partial charge in [0, 0.05) is 14.4 Å². The third-order valence-corrected chi connectivity index (χ3v) is 8.76. The molecule has 0 aliphatic heterocycles. The summed E-state index contributed by atoms with van der Waals surface area (Å²) in [7, 11) is 0. The van der Waals surface area contributed by atoms with Crippen molar-refractivity contribution in [3.8, 4) is 22.3 Å². The average Bonchev–Trinajstić information content (AvgIpc) is 3.16. The fourth-order valence-electron chi connectivity index (χ4n) is 6.35. The molecular formula is C31H27I. The second-order valence-electron chi connectivity index (χ2n) is 10.2. The van der Waals surface area contributed by atoms with Crippen LogP contribution in [-0.4, -0.2) is 0 Å². The van der Waals surface area contributed by atoms with Gasteiger partial charge in [0.15, 0.2) is 0 Å². The van der Waals surface area contributed by atoms with Crippen molar-refractivity contribution in [2.45, 2.75) is 44.9 Å². The number of aryl methyl sites for hydroxylation is 1. The zero-order valence-corrected chi connectivity index (χ0v) is 21.2. The standard InChI is InChI=1S/C31H27I/c1-19-15-16-22-21-10-5-6-12-24(21)31(4,26(22)17-19)18-20-9-7-13-25-28(20)23-11-8-14-27(32)29(23)30(25,2)3/h5-17H,18H2,1-4H3. The second kappa shape index (κ2) is 6.81. The number of hydrogen-bond acceptors (Lipinski definition) is 0. The van der Waals surface area contributed by atoms with Gasteiger partial charge < -0.3 is 0 Å². The molecule has 158 valence electrons. The molecule has 0 bridgehead atoms. The second-order valence-corrected chi connectivity index (χ2v) is 11.4. The van der Waals surface area contributed by atoms with Crippen molar-refractivity contribution in [2.24, 2.45) is 0 Å². The number of rotatable bonds is 2. The normalized spacial score (nSPS) is 19.3. The zero-order chi connectivity index (χ0) is 22.3. The van der Waals surface area contributed by atoms with Gasteiger partial charge in [0.25, 0.3) is 0 Å². The van der Waals surface area contributed by atoms with Crippen LogP contribution in [0.3, 0.4) is 0 Å². The molecule has 0 radical (unpaired) electrons. The fraction of sp³-hybridized carbons (Fsp3) is 0.226. The molecule has 4 aromatic carbocycles. The Bertz CT molecular complexity index is 1410. The maximum atomic E-state index is 2.52. The van der Waals surface area contributed by atoms with Gasteiger partial charge in [-0.3, -0.25) is 0 Å². The predicted molar refractivity (Wildman–Crippen MR) is 143 cm³/mol. The highest BCUT2D eigenvalue weighted by atomic mass is 127. The summed E-state index contributed by atoms with van der Waals surface area (Å²) in [5, 5.41) is 0. The molecule has 0 saturated heterocycles. The van der Waals surface area contributed by atoms with E-state index in [1.54, 1.807) is 0 Å². The quantitative estimate of drug-likeness (QED) is 0.230. The van der Waals surface area contributed by atoms with Gasteiger partial charge in [-0.1, -0.05) is 99.1 Å². The van der Waals surface area contributed by atoms with Gasteiger partial charge in [-0.2, -0.15) is 0 Å². The Hall–Kier alpha value is -2.39. The van der Waals surface area contributed by atoms with Crippen LogP contribution >= 0.6 is 22.6 Å². The minimum Gasteiger partial charge on any atom is -0.0619 e. The third kappa shape index (κ3) is 2.61. The minimum atomic E-state index is -0.0398. The Morgan fingerprint density at radius 3 is 2.22 bits per heavy atom. The first-order chi connectivity index (χ1) is 15.3. The van der Waals surface area contributed by atoms with Crippen molar-refractivity contribution in [1.82, 2.24) is 0 Å².